The van der Waals surface area contributed by atoms with E-state index in [4.69, 9.17) is 16.7 Å². The van der Waals surface area contributed by atoms with Gasteiger partial charge in [0.2, 0.25) is 5.16 Å². The number of aliphatic hydroxyl groups excluding tert-OH is 1. The highest BCUT2D eigenvalue weighted by atomic mass is 35.5. The van der Waals surface area contributed by atoms with E-state index in [2.05, 4.69) is 35.6 Å². The molecule has 30 heavy (non-hydrogen) atoms. The zero-order valence-corrected chi connectivity index (χ0v) is 17.4. The Morgan fingerprint density at radius 2 is 1.93 bits per heavy atom. The van der Waals surface area contributed by atoms with Crippen LogP contribution in [0.3, 0.4) is 0 Å². The highest BCUT2D eigenvalue weighted by Gasteiger charge is 2.16. The quantitative estimate of drug-likeness (QED) is 0.432. The van der Waals surface area contributed by atoms with E-state index in [0.29, 0.717) is 22.1 Å². The Morgan fingerprint density at radius 1 is 1.17 bits per heavy atom. The Kier molecular flexibility index (Phi) is 7.33. The molecule has 0 aliphatic heterocycles. The molecule has 1 atom stereocenters. The molecule has 0 saturated carbocycles. The molecule has 3 aromatic rings. The number of carbonyl (C=O) groups excluding carboxylic acids is 1. The van der Waals surface area contributed by atoms with Crippen molar-refractivity contribution in [1.29, 1.82) is 0 Å². The van der Waals surface area contributed by atoms with Gasteiger partial charge in [-0.15, -0.1) is 0 Å². The molecule has 0 fully saturated rings. The predicted octanol–water partition coefficient (Wildman–Crippen LogP) is 1.09. The standard InChI is InChI=1S/C18H18ClN7O3S/c1-30(29)18-25-8-12(17(28)24-9-15-20-3-2-4-21-15)16(26-18)23-7-11-5-13(19)14(10-27)22-6-11/h2-6,8,27H,7,9-10H2,1H3,(H,24,28)(H,23,25,26). The van der Waals surface area contributed by atoms with Crippen LogP contribution < -0.4 is 10.6 Å². The summed E-state index contributed by atoms with van der Waals surface area (Å²) in [5, 5.41) is 15.3. The number of nitrogens with zero attached hydrogens (tertiary/aromatic N) is 5. The van der Waals surface area contributed by atoms with E-state index in [0.717, 1.165) is 0 Å². The summed E-state index contributed by atoms with van der Waals surface area (Å²) in [4.78, 5) is 33.0. The van der Waals surface area contributed by atoms with Crippen LogP contribution in [0.4, 0.5) is 5.82 Å². The van der Waals surface area contributed by atoms with Gasteiger partial charge in [-0.3, -0.25) is 14.0 Å². The second kappa shape index (κ2) is 10.1. The molecule has 0 spiro atoms. The molecule has 3 rings (SSSR count). The van der Waals surface area contributed by atoms with Gasteiger partial charge in [0.25, 0.3) is 5.91 Å². The summed E-state index contributed by atoms with van der Waals surface area (Å²) in [6.45, 7) is 0.107. The summed E-state index contributed by atoms with van der Waals surface area (Å²) in [5.41, 5.74) is 1.25. The summed E-state index contributed by atoms with van der Waals surface area (Å²) in [5.74, 6) is 0.228. The number of carbonyl (C=O) groups is 1. The molecule has 12 heteroatoms. The average molecular weight is 448 g/mol. The number of aliphatic hydroxyl groups is 1. The molecular formula is C18H18ClN7O3S. The smallest absolute Gasteiger partial charge is 0.256 e. The van der Waals surface area contributed by atoms with Gasteiger partial charge >= 0.3 is 0 Å². The van der Waals surface area contributed by atoms with E-state index in [-0.39, 0.29) is 36.2 Å². The SMILES string of the molecule is CS(=O)c1ncc(C(=O)NCc2ncccn2)c(NCc2cnc(CO)c(Cl)c2)n1. The van der Waals surface area contributed by atoms with Crippen LogP contribution in [-0.4, -0.2) is 46.4 Å². The molecule has 0 saturated heterocycles. The van der Waals surface area contributed by atoms with Crippen LogP contribution in [0.15, 0.2) is 42.1 Å². The Bertz CT molecular complexity index is 1070. The number of rotatable bonds is 8. The van der Waals surface area contributed by atoms with Crippen molar-refractivity contribution < 1.29 is 14.1 Å². The fourth-order valence-electron chi connectivity index (χ4n) is 2.39. The highest BCUT2D eigenvalue weighted by molar-refractivity contribution is 7.84. The van der Waals surface area contributed by atoms with Crippen molar-refractivity contribution in [3.8, 4) is 0 Å². The number of pyridine rings is 1. The summed E-state index contributed by atoms with van der Waals surface area (Å²) in [6, 6.07) is 3.33. The Hall–Kier alpha value is -3.02. The van der Waals surface area contributed by atoms with Gasteiger partial charge in [-0.05, 0) is 17.7 Å². The number of amides is 1. The van der Waals surface area contributed by atoms with E-state index < -0.39 is 16.7 Å². The number of aromatic nitrogens is 5. The minimum atomic E-state index is -1.43. The third-order valence-corrected chi connectivity index (χ3v) is 4.92. The van der Waals surface area contributed by atoms with Crippen LogP contribution in [0.1, 0.15) is 27.4 Å². The molecule has 10 nitrogen and oxygen atoms in total. The van der Waals surface area contributed by atoms with Crippen molar-refractivity contribution in [1.82, 2.24) is 30.2 Å². The number of halogens is 1. The van der Waals surface area contributed by atoms with E-state index in [1.54, 1.807) is 30.7 Å². The molecule has 3 aromatic heterocycles. The maximum Gasteiger partial charge on any atom is 0.256 e. The average Bonchev–Trinajstić information content (AvgIpc) is 2.76. The first-order valence-corrected chi connectivity index (χ1v) is 10.6. The maximum atomic E-state index is 12.6. The van der Waals surface area contributed by atoms with Crippen LogP contribution in [-0.2, 0) is 30.5 Å². The zero-order valence-electron chi connectivity index (χ0n) is 15.9. The van der Waals surface area contributed by atoms with Gasteiger partial charge in [0, 0.05) is 37.6 Å². The first-order chi connectivity index (χ1) is 14.5. The van der Waals surface area contributed by atoms with Crippen molar-refractivity contribution in [3.63, 3.8) is 0 Å². The first kappa shape index (κ1) is 21.7. The monoisotopic (exact) mass is 447 g/mol. The van der Waals surface area contributed by atoms with Gasteiger partial charge in [0.15, 0.2) is 0 Å². The molecule has 0 aromatic carbocycles. The van der Waals surface area contributed by atoms with E-state index in [1.165, 1.54) is 12.5 Å². The highest BCUT2D eigenvalue weighted by Crippen LogP contribution is 2.18. The minimum absolute atomic E-state index is 0.0900. The second-order valence-electron chi connectivity index (χ2n) is 6.00. The molecule has 1 unspecified atom stereocenters. The van der Waals surface area contributed by atoms with Gasteiger partial charge in [0.05, 0.1) is 34.7 Å². The van der Waals surface area contributed by atoms with E-state index in [9.17, 15) is 9.00 Å². The van der Waals surface area contributed by atoms with E-state index >= 15 is 0 Å². The predicted molar refractivity (Wildman–Crippen MR) is 110 cm³/mol. The zero-order chi connectivity index (χ0) is 21.5. The topological polar surface area (TPSA) is 143 Å². The van der Waals surface area contributed by atoms with Gasteiger partial charge in [0.1, 0.15) is 17.2 Å². The lowest BCUT2D eigenvalue weighted by molar-refractivity contribution is 0.0949. The van der Waals surface area contributed by atoms with E-state index in [1.807, 2.05) is 0 Å². The van der Waals surface area contributed by atoms with Gasteiger partial charge in [-0.2, -0.15) is 0 Å². The van der Waals surface area contributed by atoms with Crippen LogP contribution in [0.2, 0.25) is 5.02 Å². The molecule has 0 radical (unpaired) electrons. The number of anilines is 1. The van der Waals surface area contributed by atoms with Gasteiger partial charge < -0.3 is 15.7 Å². The minimum Gasteiger partial charge on any atom is -0.390 e. The Balaban J connectivity index is 1.78. The fraction of sp³-hybridized carbons (Fsp3) is 0.222. The first-order valence-electron chi connectivity index (χ1n) is 8.70. The molecule has 0 aliphatic rings. The normalized spacial score (nSPS) is 11.7. The molecule has 3 N–H and O–H groups in total. The van der Waals surface area contributed by atoms with Gasteiger partial charge in [-0.25, -0.2) is 19.9 Å². The molecule has 156 valence electrons. The molecule has 1 amide bonds. The van der Waals surface area contributed by atoms with Crippen LogP contribution in [0.5, 0.6) is 0 Å². The lowest BCUT2D eigenvalue weighted by atomic mass is 10.2. The largest absolute Gasteiger partial charge is 0.390 e. The summed E-state index contributed by atoms with van der Waals surface area (Å²) >= 11 is 6.07. The van der Waals surface area contributed by atoms with Crippen molar-refractivity contribution in [2.75, 3.05) is 11.6 Å². The second-order valence-corrected chi connectivity index (χ2v) is 7.68. The van der Waals surface area contributed by atoms with Gasteiger partial charge in [-0.1, -0.05) is 11.6 Å². The lowest BCUT2D eigenvalue weighted by Gasteiger charge is -2.12. The lowest BCUT2D eigenvalue weighted by Crippen LogP contribution is -2.26. The molecule has 0 aliphatic carbocycles. The van der Waals surface area contributed by atoms with Crippen molar-refractivity contribution in [3.05, 3.63) is 64.6 Å². The number of hydrogen-bond donors (Lipinski definition) is 3. The van der Waals surface area contributed by atoms with Crippen LogP contribution in [0.25, 0.3) is 0 Å². The van der Waals surface area contributed by atoms with Crippen LogP contribution in [0, 0.1) is 0 Å². The third-order valence-electron chi connectivity index (χ3n) is 3.88. The summed E-state index contributed by atoms with van der Waals surface area (Å²) in [7, 11) is -1.43. The number of nitrogens with one attached hydrogen (secondary N) is 2. The van der Waals surface area contributed by atoms with Crippen LogP contribution >= 0.6 is 11.6 Å². The molecule has 0 bridgehead atoms. The van der Waals surface area contributed by atoms with Crippen molar-refractivity contribution in [2.45, 2.75) is 24.9 Å². The van der Waals surface area contributed by atoms with Crippen molar-refractivity contribution >= 4 is 34.1 Å². The fourth-order valence-corrected chi connectivity index (χ4v) is 3.06. The van der Waals surface area contributed by atoms with Crippen molar-refractivity contribution in [2.24, 2.45) is 0 Å². The maximum absolute atomic E-state index is 12.6. The Morgan fingerprint density at radius 3 is 2.60 bits per heavy atom. The molecule has 3 heterocycles. The summed E-state index contributed by atoms with van der Waals surface area (Å²) in [6.07, 6.45) is 7.47. The Labute approximate surface area is 179 Å². The third kappa shape index (κ3) is 5.53. The molecular weight excluding hydrogens is 430 g/mol. The summed E-state index contributed by atoms with van der Waals surface area (Å²) < 4.78 is 11.8. The number of hydrogen-bond acceptors (Lipinski definition) is 9.